The van der Waals surface area contributed by atoms with Crippen LogP contribution in [0.3, 0.4) is 0 Å². The van der Waals surface area contributed by atoms with E-state index >= 15 is 0 Å². The molecule has 0 aromatic heterocycles. The molecule has 3 heteroatoms. The minimum absolute atomic E-state index is 0.176. The molecule has 1 rings (SSSR count). The fourth-order valence-corrected chi connectivity index (χ4v) is 1.52. The minimum atomic E-state index is -0.569. The third kappa shape index (κ3) is 3.19. The van der Waals surface area contributed by atoms with Crippen LogP contribution in [0.15, 0.2) is 24.3 Å². The Balaban J connectivity index is 2.77. The Labute approximate surface area is 95.9 Å². The summed E-state index contributed by atoms with van der Waals surface area (Å²) in [6, 6.07) is 8.14. The van der Waals surface area contributed by atoms with E-state index in [0.29, 0.717) is 12.8 Å². The number of nitrogens with one attached hydrogen (secondary N) is 1. The van der Waals surface area contributed by atoms with Crippen molar-refractivity contribution in [3.8, 4) is 0 Å². The maximum Gasteiger partial charge on any atom is 0.284 e. The number of carbonyl (C=O) groups is 2. The Bertz CT molecular complexity index is 397. The number of rotatable bonds is 4. The van der Waals surface area contributed by atoms with Crippen molar-refractivity contribution in [3.05, 3.63) is 35.4 Å². The average molecular weight is 219 g/mol. The highest BCUT2D eigenvalue weighted by molar-refractivity contribution is 6.23. The zero-order valence-corrected chi connectivity index (χ0v) is 9.91. The van der Waals surface area contributed by atoms with E-state index < -0.39 is 5.91 Å². The molecule has 1 N–H and O–H groups in total. The highest BCUT2D eigenvalue weighted by Gasteiger charge is 2.21. The average Bonchev–Trinajstić information content (AvgIpc) is 2.26. The Morgan fingerprint density at radius 3 is 2.69 bits per heavy atom. The second kappa shape index (κ2) is 4.92. The minimum Gasteiger partial charge on any atom is -0.349 e. The van der Waals surface area contributed by atoms with Gasteiger partial charge in [0.1, 0.15) is 0 Å². The summed E-state index contributed by atoms with van der Waals surface area (Å²) >= 11 is 0. The number of hydrogen-bond donors (Lipinski definition) is 1. The van der Waals surface area contributed by atoms with Gasteiger partial charge in [0.2, 0.25) is 6.29 Å². The van der Waals surface area contributed by atoms with E-state index in [2.05, 4.69) is 11.4 Å². The van der Waals surface area contributed by atoms with Crippen molar-refractivity contribution in [2.45, 2.75) is 26.2 Å². The van der Waals surface area contributed by atoms with Crippen LogP contribution in [-0.2, 0) is 15.0 Å². The molecule has 0 saturated carbocycles. The molecule has 0 saturated heterocycles. The Morgan fingerprint density at radius 1 is 1.44 bits per heavy atom. The summed E-state index contributed by atoms with van der Waals surface area (Å²) in [5, 5.41) is 2.58. The molecule has 0 bridgehead atoms. The number of carbonyl (C=O) groups excluding carboxylic acids is 2. The number of aryl methyl sites for hydroxylation is 1. The zero-order valence-electron chi connectivity index (χ0n) is 9.91. The van der Waals surface area contributed by atoms with Crippen molar-refractivity contribution >= 4 is 12.2 Å². The maximum absolute atomic E-state index is 10.9. The van der Waals surface area contributed by atoms with Gasteiger partial charge >= 0.3 is 0 Å². The van der Waals surface area contributed by atoms with E-state index in [1.807, 2.05) is 39.0 Å². The van der Waals surface area contributed by atoms with Gasteiger partial charge in [-0.25, -0.2) is 0 Å². The van der Waals surface area contributed by atoms with E-state index in [0.717, 1.165) is 5.56 Å². The van der Waals surface area contributed by atoms with Gasteiger partial charge in [0, 0.05) is 12.0 Å². The third-order valence-electron chi connectivity index (χ3n) is 2.61. The lowest BCUT2D eigenvalue weighted by molar-refractivity contribution is -0.131. The molecule has 0 spiro atoms. The lowest BCUT2D eigenvalue weighted by atomic mass is 9.84. The summed E-state index contributed by atoms with van der Waals surface area (Å²) in [6.45, 7) is 6.55. The van der Waals surface area contributed by atoms with E-state index in [1.54, 1.807) is 0 Å². The molecule has 0 fully saturated rings. The third-order valence-corrected chi connectivity index (χ3v) is 2.61. The lowest BCUT2D eigenvalue weighted by Crippen LogP contribution is -2.37. The monoisotopic (exact) mass is 219 g/mol. The number of amides is 1. The van der Waals surface area contributed by atoms with Gasteiger partial charge in [-0.2, -0.15) is 0 Å². The summed E-state index contributed by atoms with van der Waals surface area (Å²) < 4.78 is 0. The van der Waals surface area contributed by atoms with Crippen LogP contribution in [-0.4, -0.2) is 18.7 Å². The van der Waals surface area contributed by atoms with Crippen molar-refractivity contribution in [2.24, 2.45) is 0 Å². The first-order valence-electron chi connectivity index (χ1n) is 5.26. The molecule has 0 aliphatic rings. The Kier molecular flexibility index (Phi) is 3.82. The lowest BCUT2D eigenvalue weighted by Gasteiger charge is -2.25. The van der Waals surface area contributed by atoms with Crippen molar-refractivity contribution in [3.63, 3.8) is 0 Å². The molecule has 0 aliphatic carbocycles. The van der Waals surface area contributed by atoms with E-state index in [4.69, 9.17) is 0 Å². The molecule has 0 unspecified atom stereocenters. The van der Waals surface area contributed by atoms with E-state index in [9.17, 15) is 9.59 Å². The van der Waals surface area contributed by atoms with Crippen LogP contribution in [0, 0.1) is 6.92 Å². The van der Waals surface area contributed by atoms with Crippen LogP contribution in [0.25, 0.3) is 0 Å². The van der Waals surface area contributed by atoms with E-state index in [1.165, 1.54) is 5.56 Å². The fraction of sp³-hybridized carbons (Fsp3) is 0.385. The van der Waals surface area contributed by atoms with Crippen molar-refractivity contribution in [1.82, 2.24) is 5.32 Å². The standard InChI is InChI=1S/C13H17NO2/c1-10-5-4-6-11(7-10)13(2,3)9-14-12(16)8-15/h4-8H,9H2,1-3H3,(H,14,16). The van der Waals surface area contributed by atoms with Gasteiger partial charge in [-0.15, -0.1) is 0 Å². The van der Waals surface area contributed by atoms with Crippen LogP contribution in [0.1, 0.15) is 25.0 Å². The largest absolute Gasteiger partial charge is 0.349 e. The summed E-state index contributed by atoms with van der Waals surface area (Å²) in [5.74, 6) is -0.569. The van der Waals surface area contributed by atoms with Crippen molar-refractivity contribution in [2.75, 3.05) is 6.54 Å². The topological polar surface area (TPSA) is 46.2 Å². The first-order chi connectivity index (χ1) is 7.45. The quantitative estimate of drug-likeness (QED) is 0.617. The summed E-state index contributed by atoms with van der Waals surface area (Å²) in [5.41, 5.74) is 2.16. The highest BCUT2D eigenvalue weighted by atomic mass is 16.2. The van der Waals surface area contributed by atoms with Gasteiger partial charge in [-0.1, -0.05) is 43.7 Å². The molecule has 1 aromatic carbocycles. The van der Waals surface area contributed by atoms with Gasteiger partial charge in [0.05, 0.1) is 0 Å². The molecule has 0 radical (unpaired) electrons. The Morgan fingerprint density at radius 2 is 2.12 bits per heavy atom. The van der Waals surface area contributed by atoms with Crippen LogP contribution in [0.5, 0.6) is 0 Å². The van der Waals surface area contributed by atoms with Gasteiger partial charge < -0.3 is 5.32 Å². The summed E-state index contributed by atoms with van der Waals surface area (Å²) in [6.07, 6.45) is 0.298. The normalized spacial score (nSPS) is 10.9. The van der Waals surface area contributed by atoms with Crippen LogP contribution < -0.4 is 5.32 Å². The zero-order chi connectivity index (χ0) is 12.2. The van der Waals surface area contributed by atoms with Crippen LogP contribution in [0.2, 0.25) is 0 Å². The molecule has 1 aromatic rings. The second-order valence-electron chi connectivity index (χ2n) is 4.59. The molecule has 1 amide bonds. The molecular formula is C13H17NO2. The summed E-state index contributed by atoms with van der Waals surface area (Å²) in [7, 11) is 0. The van der Waals surface area contributed by atoms with Gasteiger partial charge in [-0.05, 0) is 12.5 Å². The first-order valence-corrected chi connectivity index (χ1v) is 5.26. The van der Waals surface area contributed by atoms with Crippen LogP contribution in [0.4, 0.5) is 0 Å². The molecule has 86 valence electrons. The molecule has 16 heavy (non-hydrogen) atoms. The molecular weight excluding hydrogens is 202 g/mol. The van der Waals surface area contributed by atoms with Gasteiger partial charge in [-0.3, -0.25) is 9.59 Å². The molecule has 3 nitrogen and oxygen atoms in total. The molecule has 0 atom stereocenters. The van der Waals surface area contributed by atoms with Gasteiger partial charge in [0.25, 0.3) is 5.91 Å². The molecule has 0 heterocycles. The fourth-order valence-electron chi connectivity index (χ4n) is 1.52. The number of benzene rings is 1. The predicted molar refractivity (Wildman–Crippen MR) is 63.3 cm³/mol. The maximum atomic E-state index is 10.9. The smallest absolute Gasteiger partial charge is 0.284 e. The predicted octanol–water partition coefficient (Wildman–Crippen LogP) is 1.59. The highest BCUT2D eigenvalue weighted by Crippen LogP contribution is 2.22. The second-order valence-corrected chi connectivity index (χ2v) is 4.59. The SMILES string of the molecule is Cc1cccc(C(C)(C)CNC(=O)C=O)c1. The van der Waals surface area contributed by atoms with Crippen molar-refractivity contribution < 1.29 is 9.59 Å². The first kappa shape index (κ1) is 12.4. The Hall–Kier alpha value is -1.64. The van der Waals surface area contributed by atoms with Crippen LogP contribution >= 0.6 is 0 Å². The number of hydrogen-bond acceptors (Lipinski definition) is 2. The van der Waals surface area contributed by atoms with E-state index in [-0.39, 0.29) is 5.41 Å². The van der Waals surface area contributed by atoms with Crippen molar-refractivity contribution in [1.29, 1.82) is 0 Å². The summed E-state index contributed by atoms with van der Waals surface area (Å²) in [4.78, 5) is 21.1. The number of aldehydes is 1. The van der Waals surface area contributed by atoms with Gasteiger partial charge in [0.15, 0.2) is 0 Å². The molecule has 0 aliphatic heterocycles.